The number of oxazole rings is 1. The van der Waals surface area contributed by atoms with Gasteiger partial charge < -0.3 is 14.5 Å². The van der Waals surface area contributed by atoms with Crippen molar-refractivity contribution >= 4 is 5.88 Å². The van der Waals surface area contributed by atoms with Crippen LogP contribution >= 0.6 is 0 Å². The van der Waals surface area contributed by atoms with Crippen molar-refractivity contribution in [1.82, 2.24) is 4.98 Å². The lowest BCUT2D eigenvalue weighted by Gasteiger charge is -2.01. The van der Waals surface area contributed by atoms with Crippen molar-refractivity contribution in [3.63, 3.8) is 0 Å². The number of methoxy groups -OCH3 is 1. The summed E-state index contributed by atoms with van der Waals surface area (Å²) in [5.41, 5.74) is 2.23. The number of nitrogens with zero attached hydrogens (tertiary/aromatic N) is 2. The van der Waals surface area contributed by atoms with Gasteiger partial charge in [-0.3, -0.25) is 0 Å². The second kappa shape index (κ2) is 6.03. The van der Waals surface area contributed by atoms with Gasteiger partial charge >= 0.3 is 0 Å². The minimum Gasteiger partial charge on any atom is -0.419 e. The van der Waals surface area contributed by atoms with Gasteiger partial charge in [0.15, 0.2) is 0 Å². The van der Waals surface area contributed by atoms with Crippen molar-refractivity contribution in [2.24, 2.45) is 0 Å². The van der Waals surface area contributed by atoms with Crippen molar-refractivity contribution in [2.75, 3.05) is 25.6 Å². The number of nitrogens with one attached hydrogen (secondary N) is 1. The minimum atomic E-state index is 0.257. The summed E-state index contributed by atoms with van der Waals surface area (Å²) in [4.78, 5) is 4.19. The van der Waals surface area contributed by atoms with Gasteiger partial charge in [-0.05, 0) is 19.1 Å². The second-order valence-electron chi connectivity index (χ2n) is 4.10. The van der Waals surface area contributed by atoms with Gasteiger partial charge in [0.1, 0.15) is 6.07 Å². The third kappa shape index (κ3) is 3.12. The summed E-state index contributed by atoms with van der Waals surface area (Å²) >= 11 is 0. The molecule has 5 nitrogen and oxygen atoms in total. The Balaban J connectivity index is 2.26. The summed E-state index contributed by atoms with van der Waals surface area (Å²) in [7, 11) is 1.62. The Bertz CT molecular complexity index is 599. The van der Waals surface area contributed by atoms with Crippen LogP contribution in [0.5, 0.6) is 0 Å². The number of rotatable bonds is 5. The first-order valence-electron chi connectivity index (χ1n) is 5.95. The van der Waals surface area contributed by atoms with Crippen LogP contribution in [0.25, 0.3) is 11.5 Å². The Kier molecular flexibility index (Phi) is 4.16. The molecule has 0 spiro atoms. The molecule has 0 atom stereocenters. The smallest absolute Gasteiger partial charge is 0.232 e. The highest BCUT2D eigenvalue weighted by atomic mass is 16.5. The van der Waals surface area contributed by atoms with Crippen LogP contribution in [0, 0.1) is 18.3 Å². The first kappa shape index (κ1) is 13.1. The molecule has 0 unspecified atom stereocenters. The Hall–Kier alpha value is -2.32. The highest BCUT2D eigenvalue weighted by Gasteiger charge is 2.13. The lowest BCUT2D eigenvalue weighted by atomic mass is 10.1. The molecule has 0 bridgehead atoms. The molecule has 0 amide bonds. The molecule has 0 saturated heterocycles. The average molecular weight is 257 g/mol. The quantitative estimate of drug-likeness (QED) is 0.833. The average Bonchev–Trinajstić information content (AvgIpc) is 2.82. The largest absolute Gasteiger partial charge is 0.419 e. The van der Waals surface area contributed by atoms with Gasteiger partial charge in [0.25, 0.3) is 0 Å². The molecular weight excluding hydrogens is 242 g/mol. The van der Waals surface area contributed by atoms with Crippen LogP contribution < -0.4 is 5.32 Å². The normalized spacial score (nSPS) is 10.2. The first-order valence-corrected chi connectivity index (χ1v) is 5.95. The van der Waals surface area contributed by atoms with Crippen LogP contribution in [0.4, 0.5) is 5.88 Å². The Morgan fingerprint density at radius 2 is 2.32 bits per heavy atom. The second-order valence-corrected chi connectivity index (χ2v) is 4.10. The van der Waals surface area contributed by atoms with Crippen LogP contribution in [-0.4, -0.2) is 25.2 Å². The topological polar surface area (TPSA) is 71.1 Å². The SMILES string of the molecule is COCCNc1oc(-c2cccc(C)c2)nc1C#N. The van der Waals surface area contributed by atoms with Crippen LogP contribution in [0.3, 0.4) is 0 Å². The third-order valence-corrected chi connectivity index (χ3v) is 2.59. The molecule has 0 aliphatic rings. The molecule has 0 saturated carbocycles. The van der Waals surface area contributed by atoms with Gasteiger partial charge in [-0.2, -0.15) is 10.2 Å². The zero-order valence-electron chi connectivity index (χ0n) is 10.9. The summed E-state index contributed by atoms with van der Waals surface area (Å²) in [6.45, 7) is 3.09. The molecule has 1 aromatic carbocycles. The number of benzene rings is 1. The number of aryl methyl sites for hydroxylation is 1. The van der Waals surface area contributed by atoms with E-state index in [9.17, 15) is 0 Å². The molecule has 1 N–H and O–H groups in total. The van der Waals surface area contributed by atoms with E-state index < -0.39 is 0 Å². The maximum Gasteiger partial charge on any atom is 0.232 e. The van der Waals surface area contributed by atoms with E-state index in [1.54, 1.807) is 7.11 Å². The van der Waals surface area contributed by atoms with E-state index in [-0.39, 0.29) is 5.69 Å². The molecule has 1 heterocycles. The standard InChI is InChI=1S/C14H15N3O2/c1-10-4-3-5-11(8-10)13-17-12(9-15)14(19-13)16-6-7-18-2/h3-5,8,16H,6-7H2,1-2H3. The molecule has 1 aromatic heterocycles. The lowest BCUT2D eigenvalue weighted by molar-refractivity contribution is 0.210. The fourth-order valence-electron chi connectivity index (χ4n) is 1.68. The van der Waals surface area contributed by atoms with Gasteiger partial charge in [0.2, 0.25) is 17.5 Å². The molecular formula is C14H15N3O2. The van der Waals surface area contributed by atoms with Crippen LogP contribution in [0.1, 0.15) is 11.3 Å². The first-order chi connectivity index (χ1) is 9.24. The molecule has 0 fully saturated rings. The zero-order valence-corrected chi connectivity index (χ0v) is 10.9. The molecule has 98 valence electrons. The van der Waals surface area contributed by atoms with E-state index >= 15 is 0 Å². The van der Waals surface area contributed by atoms with Crippen molar-refractivity contribution in [3.05, 3.63) is 35.5 Å². The third-order valence-electron chi connectivity index (χ3n) is 2.59. The van der Waals surface area contributed by atoms with E-state index in [0.717, 1.165) is 11.1 Å². The summed E-state index contributed by atoms with van der Waals surface area (Å²) in [5.74, 6) is 0.830. The number of aromatic nitrogens is 1. The van der Waals surface area contributed by atoms with E-state index in [4.69, 9.17) is 14.4 Å². The number of nitriles is 1. The Morgan fingerprint density at radius 3 is 3.00 bits per heavy atom. The van der Waals surface area contributed by atoms with E-state index in [1.807, 2.05) is 37.3 Å². The van der Waals surface area contributed by atoms with E-state index in [1.165, 1.54) is 0 Å². The lowest BCUT2D eigenvalue weighted by Crippen LogP contribution is -2.07. The fourth-order valence-corrected chi connectivity index (χ4v) is 1.68. The van der Waals surface area contributed by atoms with Crippen molar-refractivity contribution in [1.29, 1.82) is 5.26 Å². The van der Waals surface area contributed by atoms with Crippen LogP contribution in [0.15, 0.2) is 28.7 Å². The van der Waals surface area contributed by atoms with Gasteiger partial charge in [-0.25, -0.2) is 0 Å². The molecule has 0 aliphatic carbocycles. The molecule has 0 radical (unpaired) electrons. The molecule has 0 aliphatic heterocycles. The predicted molar refractivity (Wildman–Crippen MR) is 71.8 cm³/mol. The summed E-state index contributed by atoms with van der Waals surface area (Å²) in [5, 5.41) is 12.0. The maximum absolute atomic E-state index is 9.05. The molecule has 19 heavy (non-hydrogen) atoms. The number of anilines is 1. The summed E-state index contributed by atoms with van der Waals surface area (Å²) < 4.78 is 10.5. The Morgan fingerprint density at radius 1 is 1.47 bits per heavy atom. The van der Waals surface area contributed by atoms with Crippen LogP contribution in [-0.2, 0) is 4.74 Å². The van der Waals surface area contributed by atoms with Crippen molar-refractivity contribution < 1.29 is 9.15 Å². The number of hydrogen-bond acceptors (Lipinski definition) is 5. The van der Waals surface area contributed by atoms with Gasteiger partial charge in [0, 0.05) is 19.2 Å². The summed E-state index contributed by atoms with van der Waals surface area (Å²) in [6, 6.07) is 9.81. The predicted octanol–water partition coefficient (Wildman–Crippen LogP) is 2.58. The number of hydrogen-bond donors (Lipinski definition) is 1. The number of ether oxygens (including phenoxy) is 1. The minimum absolute atomic E-state index is 0.257. The van der Waals surface area contributed by atoms with Gasteiger partial charge in [-0.1, -0.05) is 17.7 Å². The van der Waals surface area contributed by atoms with E-state index in [0.29, 0.717) is 24.9 Å². The van der Waals surface area contributed by atoms with E-state index in [2.05, 4.69) is 10.3 Å². The Labute approximate surface area is 111 Å². The molecule has 5 heteroatoms. The summed E-state index contributed by atoms with van der Waals surface area (Å²) in [6.07, 6.45) is 0. The molecule has 2 rings (SSSR count). The molecule has 2 aromatic rings. The monoisotopic (exact) mass is 257 g/mol. The maximum atomic E-state index is 9.05. The highest BCUT2D eigenvalue weighted by Crippen LogP contribution is 2.25. The van der Waals surface area contributed by atoms with Gasteiger partial charge in [0.05, 0.1) is 6.61 Å². The van der Waals surface area contributed by atoms with Crippen molar-refractivity contribution in [2.45, 2.75) is 6.92 Å². The van der Waals surface area contributed by atoms with Gasteiger partial charge in [-0.15, -0.1) is 0 Å². The van der Waals surface area contributed by atoms with Crippen LogP contribution in [0.2, 0.25) is 0 Å². The van der Waals surface area contributed by atoms with Crippen molar-refractivity contribution in [3.8, 4) is 17.5 Å². The zero-order chi connectivity index (χ0) is 13.7. The fraction of sp³-hybridized carbons (Fsp3) is 0.286. The highest BCUT2D eigenvalue weighted by molar-refractivity contribution is 5.59.